The molecule has 0 aliphatic carbocycles. The van der Waals surface area contributed by atoms with Gasteiger partial charge in [-0.05, 0) is 30.7 Å². The molecule has 2 aromatic carbocycles. The van der Waals surface area contributed by atoms with Gasteiger partial charge in [-0.2, -0.15) is 0 Å². The molecule has 0 bridgehead atoms. The maximum absolute atomic E-state index is 13.0. The van der Waals surface area contributed by atoms with Crippen molar-refractivity contribution in [2.45, 2.75) is 13.0 Å². The third kappa shape index (κ3) is 3.74. The lowest BCUT2D eigenvalue weighted by Gasteiger charge is -2.29. The molecule has 7 heteroatoms. The van der Waals surface area contributed by atoms with Crippen LogP contribution in [0.4, 0.5) is 0 Å². The molecule has 30 heavy (non-hydrogen) atoms. The van der Waals surface area contributed by atoms with Crippen LogP contribution in [0.1, 0.15) is 27.9 Å². The van der Waals surface area contributed by atoms with Crippen molar-refractivity contribution in [3.05, 3.63) is 52.8 Å². The first-order valence-corrected chi connectivity index (χ1v) is 9.81. The summed E-state index contributed by atoms with van der Waals surface area (Å²) in [6, 6.07) is 9.11. The van der Waals surface area contributed by atoms with Gasteiger partial charge in [0, 0.05) is 32.4 Å². The van der Waals surface area contributed by atoms with Crippen LogP contribution in [0.15, 0.2) is 36.1 Å². The average Bonchev–Trinajstić information content (AvgIpc) is 3.09. The number of nitrogens with zero attached hydrogens (tertiary/aromatic N) is 1. The summed E-state index contributed by atoms with van der Waals surface area (Å²) in [5.41, 5.74) is 2.15. The van der Waals surface area contributed by atoms with Gasteiger partial charge in [-0.3, -0.25) is 9.69 Å². The first-order chi connectivity index (χ1) is 14.7. The second-order valence-corrected chi connectivity index (χ2v) is 7.11. The van der Waals surface area contributed by atoms with Gasteiger partial charge in [-0.25, -0.2) is 0 Å². The molecule has 0 N–H and O–H groups in total. The zero-order chi connectivity index (χ0) is 21.1. The number of rotatable bonds is 7. The van der Waals surface area contributed by atoms with Gasteiger partial charge < -0.3 is 23.7 Å². The molecule has 0 aromatic heterocycles. The summed E-state index contributed by atoms with van der Waals surface area (Å²) in [6.07, 6.45) is 2.60. The van der Waals surface area contributed by atoms with Crippen LogP contribution in [0.2, 0.25) is 0 Å². The molecule has 0 amide bonds. The molecule has 2 heterocycles. The molecular weight excluding hydrogens is 386 g/mol. The molecule has 0 fully saturated rings. The second-order valence-electron chi connectivity index (χ2n) is 7.11. The van der Waals surface area contributed by atoms with Crippen LogP contribution in [0.3, 0.4) is 0 Å². The Labute approximate surface area is 175 Å². The van der Waals surface area contributed by atoms with Gasteiger partial charge in [0.05, 0.1) is 25.3 Å². The molecule has 158 valence electrons. The molecule has 0 unspecified atom stereocenters. The summed E-state index contributed by atoms with van der Waals surface area (Å²) in [5.74, 6) is 2.56. The molecule has 0 saturated carbocycles. The molecule has 2 aliphatic rings. The van der Waals surface area contributed by atoms with Crippen molar-refractivity contribution in [1.29, 1.82) is 0 Å². The number of ketones is 1. The number of fused-ring (bicyclic) bond motifs is 3. The number of allylic oxidation sites excluding steroid dienone is 1. The zero-order valence-electron chi connectivity index (χ0n) is 17.4. The van der Waals surface area contributed by atoms with E-state index >= 15 is 0 Å². The average molecular weight is 411 g/mol. The SMILES string of the molecule is COCCCN1COc2ccc3c(c2C1)O/C(=C\c1cccc(OC)c1OC)C3=O. The van der Waals surface area contributed by atoms with E-state index in [1.54, 1.807) is 39.5 Å². The largest absolute Gasteiger partial charge is 0.493 e. The lowest BCUT2D eigenvalue weighted by atomic mass is 10.0. The standard InChI is InChI=1S/C23H25NO6/c1-26-11-5-10-24-13-17-18(29-14-24)9-8-16-21(25)20(30-23(16)17)12-15-6-4-7-19(27-2)22(15)28-3/h4,6-9,12H,5,10-11,13-14H2,1-3H3/b20-12-. The fourth-order valence-electron chi connectivity index (χ4n) is 3.75. The van der Waals surface area contributed by atoms with E-state index in [1.807, 2.05) is 18.2 Å². The third-order valence-electron chi connectivity index (χ3n) is 5.23. The van der Waals surface area contributed by atoms with Crippen LogP contribution < -0.4 is 18.9 Å². The Morgan fingerprint density at radius 3 is 2.77 bits per heavy atom. The predicted octanol–water partition coefficient (Wildman–Crippen LogP) is 3.51. The number of methoxy groups -OCH3 is 3. The molecule has 4 rings (SSSR count). The van der Waals surface area contributed by atoms with Gasteiger partial charge in [0.2, 0.25) is 5.78 Å². The highest BCUT2D eigenvalue weighted by Gasteiger charge is 2.33. The van der Waals surface area contributed by atoms with Crippen molar-refractivity contribution in [3.8, 4) is 23.0 Å². The monoisotopic (exact) mass is 411 g/mol. The lowest BCUT2D eigenvalue weighted by Crippen LogP contribution is -2.33. The van der Waals surface area contributed by atoms with Gasteiger partial charge in [-0.1, -0.05) is 12.1 Å². The van der Waals surface area contributed by atoms with Crippen LogP contribution in [-0.4, -0.2) is 51.9 Å². The minimum atomic E-state index is -0.158. The second kappa shape index (κ2) is 8.77. The normalized spacial score (nSPS) is 16.6. The van der Waals surface area contributed by atoms with Crippen molar-refractivity contribution in [1.82, 2.24) is 4.90 Å². The molecular formula is C23H25NO6. The molecule has 0 atom stereocenters. The number of hydrogen-bond acceptors (Lipinski definition) is 7. The van der Waals surface area contributed by atoms with E-state index in [0.717, 1.165) is 24.3 Å². The minimum Gasteiger partial charge on any atom is -0.493 e. The number of benzene rings is 2. The van der Waals surface area contributed by atoms with Gasteiger partial charge in [0.25, 0.3) is 0 Å². The highest BCUT2D eigenvalue weighted by Crippen LogP contribution is 2.42. The molecule has 2 aliphatic heterocycles. The van der Waals surface area contributed by atoms with Crippen molar-refractivity contribution in [2.24, 2.45) is 0 Å². The summed E-state index contributed by atoms with van der Waals surface area (Å²) < 4.78 is 27.9. The summed E-state index contributed by atoms with van der Waals surface area (Å²) in [6.45, 7) is 2.70. The Morgan fingerprint density at radius 1 is 1.13 bits per heavy atom. The Morgan fingerprint density at radius 2 is 2.00 bits per heavy atom. The third-order valence-corrected chi connectivity index (χ3v) is 5.23. The Bertz CT molecular complexity index is 984. The van der Waals surface area contributed by atoms with E-state index in [0.29, 0.717) is 48.3 Å². The highest BCUT2D eigenvalue weighted by atomic mass is 16.5. The number of ether oxygens (including phenoxy) is 5. The number of carbonyl (C=O) groups is 1. The van der Waals surface area contributed by atoms with Crippen molar-refractivity contribution in [3.63, 3.8) is 0 Å². The number of Topliss-reactive ketones (excluding diaryl/α,β-unsaturated/α-hetero) is 1. The minimum absolute atomic E-state index is 0.158. The van der Waals surface area contributed by atoms with Gasteiger partial charge in [0.1, 0.15) is 18.2 Å². The Hall–Kier alpha value is -3.03. The number of para-hydroxylation sites is 1. The number of carbonyl (C=O) groups excluding carboxylic acids is 1. The molecule has 7 nitrogen and oxygen atoms in total. The Balaban J connectivity index is 1.63. The van der Waals surface area contributed by atoms with Gasteiger partial charge in [-0.15, -0.1) is 0 Å². The maximum atomic E-state index is 13.0. The summed E-state index contributed by atoms with van der Waals surface area (Å²) in [4.78, 5) is 15.2. The fraction of sp³-hybridized carbons (Fsp3) is 0.348. The van der Waals surface area contributed by atoms with E-state index in [1.165, 1.54) is 0 Å². The van der Waals surface area contributed by atoms with E-state index in [-0.39, 0.29) is 11.5 Å². The van der Waals surface area contributed by atoms with Crippen molar-refractivity contribution < 1.29 is 28.5 Å². The van der Waals surface area contributed by atoms with Crippen LogP contribution in [0, 0.1) is 0 Å². The van der Waals surface area contributed by atoms with Crippen LogP contribution in [0.5, 0.6) is 23.0 Å². The topological polar surface area (TPSA) is 66.5 Å². The first-order valence-electron chi connectivity index (χ1n) is 9.81. The first kappa shape index (κ1) is 20.3. The van der Waals surface area contributed by atoms with Crippen LogP contribution in [0.25, 0.3) is 6.08 Å². The fourth-order valence-corrected chi connectivity index (χ4v) is 3.75. The Kier molecular flexibility index (Phi) is 5.92. The van der Waals surface area contributed by atoms with Crippen LogP contribution in [-0.2, 0) is 11.3 Å². The predicted molar refractivity (Wildman–Crippen MR) is 111 cm³/mol. The van der Waals surface area contributed by atoms with Gasteiger partial charge in [0.15, 0.2) is 17.3 Å². The van der Waals surface area contributed by atoms with Crippen LogP contribution >= 0.6 is 0 Å². The molecule has 0 radical (unpaired) electrons. The highest BCUT2D eigenvalue weighted by molar-refractivity contribution is 6.15. The summed E-state index contributed by atoms with van der Waals surface area (Å²) >= 11 is 0. The van der Waals surface area contributed by atoms with Crippen molar-refractivity contribution in [2.75, 3.05) is 41.2 Å². The summed E-state index contributed by atoms with van der Waals surface area (Å²) in [5, 5.41) is 0. The quantitative estimate of drug-likeness (QED) is 0.510. The molecule has 0 spiro atoms. The maximum Gasteiger partial charge on any atom is 0.231 e. The molecule has 2 aromatic rings. The van der Waals surface area contributed by atoms with E-state index in [2.05, 4.69) is 4.90 Å². The smallest absolute Gasteiger partial charge is 0.231 e. The molecule has 0 saturated heterocycles. The van der Waals surface area contributed by atoms with E-state index < -0.39 is 0 Å². The van der Waals surface area contributed by atoms with Gasteiger partial charge >= 0.3 is 0 Å². The van der Waals surface area contributed by atoms with E-state index in [9.17, 15) is 4.79 Å². The van der Waals surface area contributed by atoms with E-state index in [4.69, 9.17) is 23.7 Å². The van der Waals surface area contributed by atoms with Crippen molar-refractivity contribution >= 4 is 11.9 Å². The number of hydrogen-bond donors (Lipinski definition) is 0. The lowest BCUT2D eigenvalue weighted by molar-refractivity contribution is 0.0823. The zero-order valence-corrected chi connectivity index (χ0v) is 17.4. The summed E-state index contributed by atoms with van der Waals surface area (Å²) in [7, 11) is 4.84.